The largest absolute Gasteiger partial charge is 0.465 e. The second-order valence-corrected chi connectivity index (χ2v) is 5.83. The van der Waals surface area contributed by atoms with Gasteiger partial charge < -0.3 is 15.7 Å². The predicted molar refractivity (Wildman–Crippen MR) is 92.9 cm³/mol. The Hall–Kier alpha value is -3.22. The lowest BCUT2D eigenvalue weighted by atomic mass is 10.00. The average Bonchev–Trinajstić information content (AvgIpc) is 2.60. The Kier molecular flexibility index (Phi) is 4.74. The van der Waals surface area contributed by atoms with E-state index in [0.29, 0.717) is 17.8 Å². The fraction of sp³-hybridized carbons (Fsp3) is 0.222. The summed E-state index contributed by atoms with van der Waals surface area (Å²) in [5.41, 5.74) is 2.86. The molecule has 25 heavy (non-hydrogen) atoms. The molecule has 0 fully saturated rings. The Morgan fingerprint density at radius 1 is 1.36 bits per heavy atom. The van der Waals surface area contributed by atoms with E-state index < -0.39 is 12.1 Å². The van der Waals surface area contributed by atoms with Crippen molar-refractivity contribution in [2.24, 2.45) is 5.92 Å². The molecule has 0 unspecified atom stereocenters. The maximum Gasteiger partial charge on any atom is 0.405 e. The number of nitrogens with one attached hydrogen (secondary N) is 2. The lowest BCUT2D eigenvalue weighted by molar-refractivity contribution is -0.118. The van der Waals surface area contributed by atoms with Gasteiger partial charge in [0.1, 0.15) is 0 Å². The number of carboxylic acid groups (broad SMARTS) is 1. The number of hydrogen-bond acceptors (Lipinski definition) is 4. The van der Waals surface area contributed by atoms with Gasteiger partial charge in [0, 0.05) is 18.0 Å². The van der Waals surface area contributed by atoms with Gasteiger partial charge in [0.15, 0.2) is 0 Å². The van der Waals surface area contributed by atoms with Crippen molar-refractivity contribution in [3.63, 3.8) is 0 Å². The van der Waals surface area contributed by atoms with Gasteiger partial charge in [-0.15, -0.1) is 0 Å². The number of amides is 2. The molecule has 1 aliphatic rings. The zero-order valence-corrected chi connectivity index (χ0v) is 13.6. The summed E-state index contributed by atoms with van der Waals surface area (Å²) in [6.07, 6.45) is 7.72. The monoisotopic (exact) mass is 338 g/mol. The summed E-state index contributed by atoms with van der Waals surface area (Å²) in [5.74, 6) is -0.507. The van der Waals surface area contributed by atoms with E-state index in [9.17, 15) is 9.59 Å². The number of rotatable bonds is 1. The zero-order valence-electron chi connectivity index (χ0n) is 13.6. The Morgan fingerprint density at radius 3 is 3.00 bits per heavy atom. The van der Waals surface area contributed by atoms with Crippen molar-refractivity contribution in [3.8, 4) is 11.1 Å². The highest BCUT2D eigenvalue weighted by Gasteiger charge is 2.18. The fourth-order valence-electron chi connectivity index (χ4n) is 2.71. The normalized spacial score (nSPS) is 21.1. The first-order valence-corrected chi connectivity index (χ1v) is 7.92. The van der Waals surface area contributed by atoms with Crippen LogP contribution in [0.4, 0.5) is 10.5 Å². The van der Waals surface area contributed by atoms with Crippen LogP contribution in [0.25, 0.3) is 11.1 Å². The average molecular weight is 338 g/mol. The van der Waals surface area contributed by atoms with Crippen molar-refractivity contribution < 1.29 is 14.7 Å². The van der Waals surface area contributed by atoms with Crippen LogP contribution in [0.15, 0.2) is 48.9 Å². The Bertz CT molecular complexity index is 835. The smallest absolute Gasteiger partial charge is 0.405 e. The number of nitrogens with zero attached hydrogens (tertiary/aromatic N) is 2. The second-order valence-electron chi connectivity index (χ2n) is 5.83. The summed E-state index contributed by atoms with van der Waals surface area (Å²) in [6.45, 7) is 1.78. The Balaban J connectivity index is 2.12. The van der Waals surface area contributed by atoms with E-state index >= 15 is 0 Å². The van der Waals surface area contributed by atoms with Crippen LogP contribution in [0.5, 0.6) is 0 Å². The molecule has 3 heterocycles. The highest BCUT2D eigenvalue weighted by Crippen LogP contribution is 2.30. The van der Waals surface area contributed by atoms with Gasteiger partial charge in [0.05, 0.1) is 29.5 Å². The second kappa shape index (κ2) is 7.12. The molecule has 3 N–H and O–H groups in total. The molecule has 2 bridgehead atoms. The van der Waals surface area contributed by atoms with Crippen LogP contribution >= 0.6 is 0 Å². The van der Waals surface area contributed by atoms with E-state index in [1.165, 1.54) is 0 Å². The van der Waals surface area contributed by atoms with Crippen LogP contribution < -0.4 is 10.6 Å². The van der Waals surface area contributed by atoms with Crippen molar-refractivity contribution in [1.82, 2.24) is 15.3 Å². The van der Waals surface area contributed by atoms with Crippen LogP contribution in [-0.2, 0) is 4.79 Å². The van der Waals surface area contributed by atoms with Gasteiger partial charge in [0.25, 0.3) is 0 Å². The highest BCUT2D eigenvalue weighted by atomic mass is 16.4. The van der Waals surface area contributed by atoms with Gasteiger partial charge in [-0.2, -0.15) is 0 Å². The molecule has 3 rings (SSSR count). The third kappa shape index (κ3) is 3.82. The molecule has 7 heteroatoms. The molecule has 0 saturated carbocycles. The first kappa shape index (κ1) is 16.6. The summed E-state index contributed by atoms with van der Waals surface area (Å²) in [6, 6.07) is 4.95. The highest BCUT2D eigenvalue weighted by molar-refractivity contribution is 5.97. The number of fused-ring (bicyclic) bond motifs is 4. The summed E-state index contributed by atoms with van der Waals surface area (Å²) in [4.78, 5) is 31.9. The molecule has 1 aliphatic heterocycles. The third-order valence-electron chi connectivity index (χ3n) is 4.04. The van der Waals surface area contributed by atoms with E-state index in [4.69, 9.17) is 5.11 Å². The molecular formula is C18H18N4O3. The summed E-state index contributed by atoms with van der Waals surface area (Å²) in [5, 5.41) is 14.5. The zero-order chi connectivity index (χ0) is 17.8. The van der Waals surface area contributed by atoms with E-state index in [0.717, 1.165) is 11.1 Å². The van der Waals surface area contributed by atoms with Crippen LogP contribution in [0.2, 0.25) is 0 Å². The lowest BCUT2D eigenvalue weighted by Gasteiger charge is -2.18. The van der Waals surface area contributed by atoms with Crippen molar-refractivity contribution in [3.05, 3.63) is 54.6 Å². The van der Waals surface area contributed by atoms with Crippen molar-refractivity contribution in [2.75, 3.05) is 5.32 Å². The maximum atomic E-state index is 12.4. The molecule has 0 aliphatic carbocycles. The topological polar surface area (TPSA) is 104 Å². The van der Waals surface area contributed by atoms with Crippen LogP contribution in [0.1, 0.15) is 25.1 Å². The Labute approximate surface area is 144 Å². The van der Waals surface area contributed by atoms with E-state index in [-0.39, 0.29) is 11.8 Å². The van der Waals surface area contributed by atoms with Crippen molar-refractivity contribution in [2.45, 2.75) is 19.4 Å². The fourth-order valence-corrected chi connectivity index (χ4v) is 2.71. The standard InChI is InChI=1S/C18H18N4O3/c1-11-3-2-4-14(22-18(24)25)15-9-12(5-8-20-15)13-6-7-19-10-16(13)21-17(11)23/h2-3,5-11,14,22H,4H2,1H3,(H,21,23)(H,24,25)/b3-2+/t11-,14+/m1/s1. The summed E-state index contributed by atoms with van der Waals surface area (Å²) in [7, 11) is 0. The number of carbonyl (C=O) groups excluding carboxylic acids is 1. The van der Waals surface area contributed by atoms with E-state index in [1.807, 2.05) is 12.1 Å². The number of aromatic nitrogens is 2. The number of hydrogen-bond donors (Lipinski definition) is 3. The molecule has 0 aromatic carbocycles. The molecule has 2 atom stereocenters. The van der Waals surface area contributed by atoms with Gasteiger partial charge in [-0.3, -0.25) is 14.8 Å². The quantitative estimate of drug-likeness (QED) is 0.693. The third-order valence-corrected chi connectivity index (χ3v) is 4.04. The van der Waals surface area contributed by atoms with Gasteiger partial charge >= 0.3 is 6.09 Å². The van der Waals surface area contributed by atoms with Gasteiger partial charge in [-0.25, -0.2) is 4.79 Å². The van der Waals surface area contributed by atoms with Crippen molar-refractivity contribution in [1.29, 1.82) is 0 Å². The first-order valence-electron chi connectivity index (χ1n) is 7.92. The number of carbonyl (C=O) groups is 2. The minimum atomic E-state index is -1.12. The maximum absolute atomic E-state index is 12.4. The minimum Gasteiger partial charge on any atom is -0.465 e. The number of anilines is 1. The number of pyridine rings is 2. The van der Waals surface area contributed by atoms with Gasteiger partial charge in [0.2, 0.25) is 5.91 Å². The van der Waals surface area contributed by atoms with Gasteiger partial charge in [-0.1, -0.05) is 19.1 Å². The van der Waals surface area contributed by atoms with E-state index in [1.54, 1.807) is 43.7 Å². The molecule has 0 radical (unpaired) electrons. The molecule has 128 valence electrons. The van der Waals surface area contributed by atoms with E-state index in [2.05, 4.69) is 20.6 Å². The first-order chi connectivity index (χ1) is 12.0. The summed E-state index contributed by atoms with van der Waals surface area (Å²) < 4.78 is 0. The molecule has 2 aromatic rings. The molecule has 2 amide bonds. The SMILES string of the molecule is C[C@@H]1/C=C/C[C@H](NC(=O)O)c2cc(ccn2)-c2ccncc2NC1=O. The molecule has 7 nitrogen and oxygen atoms in total. The molecule has 0 spiro atoms. The summed E-state index contributed by atoms with van der Waals surface area (Å²) >= 11 is 0. The predicted octanol–water partition coefficient (Wildman–Crippen LogP) is 2.99. The van der Waals surface area contributed by atoms with Crippen LogP contribution in [-0.4, -0.2) is 27.1 Å². The molecule has 0 saturated heterocycles. The minimum absolute atomic E-state index is 0.150. The van der Waals surface area contributed by atoms with Crippen LogP contribution in [0, 0.1) is 5.92 Å². The lowest BCUT2D eigenvalue weighted by Crippen LogP contribution is -2.27. The molecular weight excluding hydrogens is 320 g/mol. The Morgan fingerprint density at radius 2 is 2.20 bits per heavy atom. The molecule has 2 aromatic heterocycles. The van der Waals surface area contributed by atoms with Crippen LogP contribution in [0.3, 0.4) is 0 Å². The van der Waals surface area contributed by atoms with Gasteiger partial charge in [-0.05, 0) is 30.2 Å². The van der Waals surface area contributed by atoms with Crippen molar-refractivity contribution >= 4 is 17.7 Å².